The van der Waals surface area contributed by atoms with Crippen molar-refractivity contribution in [3.8, 4) is 5.75 Å². The first-order valence-corrected chi connectivity index (χ1v) is 8.17. The first-order chi connectivity index (χ1) is 11.5. The molecule has 0 spiro atoms. The first kappa shape index (κ1) is 16.5. The van der Waals surface area contributed by atoms with E-state index in [1.54, 1.807) is 24.3 Å². The quantitative estimate of drug-likeness (QED) is 0.813. The Morgan fingerprint density at radius 3 is 2.50 bits per heavy atom. The summed E-state index contributed by atoms with van der Waals surface area (Å²) in [6.45, 7) is 1.41. The number of rotatable bonds is 6. The molecule has 2 aromatic carbocycles. The molecule has 1 N–H and O–H groups in total. The lowest BCUT2D eigenvalue weighted by atomic mass is 10.1. The predicted octanol–water partition coefficient (Wildman–Crippen LogP) is 3.73. The monoisotopic (exact) mass is 343 g/mol. The Hall–Kier alpha value is -2.33. The normalized spacial score (nSPS) is 14.8. The van der Waals surface area contributed by atoms with Crippen LogP contribution in [0.3, 0.4) is 0 Å². The van der Waals surface area contributed by atoms with Gasteiger partial charge in [0.1, 0.15) is 5.75 Å². The fourth-order valence-corrected chi connectivity index (χ4v) is 2.76. The van der Waals surface area contributed by atoms with Gasteiger partial charge in [-0.05, 0) is 49.6 Å². The Morgan fingerprint density at radius 1 is 1.17 bits per heavy atom. The smallest absolute Gasteiger partial charge is 0.258 e. The van der Waals surface area contributed by atoms with Crippen molar-refractivity contribution in [3.05, 3.63) is 64.7 Å². The topological polar surface area (TPSA) is 55.4 Å². The van der Waals surface area contributed by atoms with Crippen molar-refractivity contribution in [2.24, 2.45) is 0 Å². The summed E-state index contributed by atoms with van der Waals surface area (Å²) < 4.78 is 5.50. The summed E-state index contributed by atoms with van der Waals surface area (Å²) >= 11 is 5.91. The Morgan fingerprint density at radius 2 is 1.88 bits per heavy atom. The summed E-state index contributed by atoms with van der Waals surface area (Å²) in [6, 6.07) is 14.3. The van der Waals surface area contributed by atoms with E-state index in [9.17, 15) is 9.59 Å². The molecule has 1 aliphatic carbocycles. The minimum Gasteiger partial charge on any atom is -0.484 e. The molecule has 1 saturated carbocycles. The van der Waals surface area contributed by atoms with Crippen molar-refractivity contribution in [1.82, 2.24) is 5.32 Å². The maximum absolute atomic E-state index is 12.2. The van der Waals surface area contributed by atoms with Gasteiger partial charge in [0.25, 0.3) is 5.91 Å². The lowest BCUT2D eigenvalue weighted by Gasteiger charge is -2.18. The largest absolute Gasteiger partial charge is 0.484 e. The van der Waals surface area contributed by atoms with Crippen molar-refractivity contribution >= 4 is 23.3 Å². The molecule has 0 bridgehead atoms. The lowest BCUT2D eigenvalue weighted by Crippen LogP contribution is -2.38. The minimum atomic E-state index is -0.299. The first-order valence-electron chi connectivity index (χ1n) is 7.79. The van der Waals surface area contributed by atoms with Gasteiger partial charge in [-0.15, -0.1) is 0 Å². The third kappa shape index (κ3) is 3.77. The van der Waals surface area contributed by atoms with Crippen LogP contribution in [-0.2, 0) is 10.3 Å². The molecule has 0 aliphatic heterocycles. The van der Waals surface area contributed by atoms with E-state index in [2.05, 4.69) is 5.32 Å². The van der Waals surface area contributed by atoms with E-state index in [0.29, 0.717) is 16.3 Å². The zero-order valence-corrected chi connectivity index (χ0v) is 14.1. The van der Waals surface area contributed by atoms with Gasteiger partial charge in [0.2, 0.25) is 0 Å². The second-order valence-corrected chi connectivity index (χ2v) is 6.45. The number of amides is 1. The molecule has 0 heterocycles. The molecule has 24 heavy (non-hydrogen) atoms. The van der Waals surface area contributed by atoms with Crippen LogP contribution in [0.5, 0.6) is 5.75 Å². The number of benzene rings is 2. The Bertz CT molecular complexity index is 766. The van der Waals surface area contributed by atoms with Gasteiger partial charge < -0.3 is 10.1 Å². The molecule has 0 aromatic heterocycles. The second kappa shape index (κ2) is 6.65. The molecule has 0 saturated heterocycles. The standard InChI is InChI=1S/C19H18ClNO3/c1-13(22)14-3-2-4-17(11-14)24-12-18(23)21-19(9-10-19)15-5-7-16(20)8-6-15/h2-8,11H,9-10,12H2,1H3,(H,21,23). The summed E-state index contributed by atoms with van der Waals surface area (Å²) in [4.78, 5) is 23.6. The number of ketones is 1. The van der Waals surface area contributed by atoms with Gasteiger partial charge in [0.15, 0.2) is 12.4 Å². The Labute approximate surface area is 145 Å². The van der Waals surface area contributed by atoms with Crippen molar-refractivity contribution in [2.45, 2.75) is 25.3 Å². The molecule has 0 radical (unpaired) electrons. The van der Waals surface area contributed by atoms with Gasteiger partial charge >= 0.3 is 0 Å². The van der Waals surface area contributed by atoms with E-state index in [-0.39, 0.29) is 23.8 Å². The van der Waals surface area contributed by atoms with Gasteiger partial charge in [0, 0.05) is 10.6 Å². The number of hydrogen-bond donors (Lipinski definition) is 1. The average molecular weight is 344 g/mol. The van der Waals surface area contributed by atoms with Crippen LogP contribution in [0.2, 0.25) is 5.02 Å². The fraction of sp³-hybridized carbons (Fsp3) is 0.263. The Kier molecular flexibility index (Phi) is 4.58. The zero-order valence-electron chi connectivity index (χ0n) is 13.3. The van der Waals surface area contributed by atoms with E-state index in [4.69, 9.17) is 16.3 Å². The van der Waals surface area contributed by atoms with E-state index in [1.807, 2.05) is 24.3 Å². The number of Topliss-reactive ketones (excluding diaryl/α,β-unsaturated/α-hetero) is 1. The summed E-state index contributed by atoms with van der Waals surface area (Å²) in [6.07, 6.45) is 1.81. The highest BCUT2D eigenvalue weighted by atomic mass is 35.5. The third-order valence-electron chi connectivity index (χ3n) is 4.14. The van der Waals surface area contributed by atoms with Crippen molar-refractivity contribution < 1.29 is 14.3 Å². The molecule has 3 rings (SSSR count). The van der Waals surface area contributed by atoms with Crippen LogP contribution in [0.15, 0.2) is 48.5 Å². The predicted molar refractivity (Wildman–Crippen MR) is 92.4 cm³/mol. The summed E-state index contributed by atoms with van der Waals surface area (Å²) in [7, 11) is 0. The SMILES string of the molecule is CC(=O)c1cccc(OCC(=O)NC2(c3ccc(Cl)cc3)CC2)c1. The molecule has 1 amide bonds. The zero-order chi connectivity index (χ0) is 17.2. The summed E-state index contributed by atoms with van der Waals surface area (Å²) in [5.74, 6) is 0.287. The van der Waals surface area contributed by atoms with E-state index in [1.165, 1.54) is 6.92 Å². The molecule has 5 heteroatoms. The molecular weight excluding hydrogens is 326 g/mol. The molecule has 0 atom stereocenters. The van der Waals surface area contributed by atoms with Crippen LogP contribution < -0.4 is 10.1 Å². The molecule has 1 aliphatic rings. The minimum absolute atomic E-state index is 0.0374. The molecule has 124 valence electrons. The van der Waals surface area contributed by atoms with Crippen LogP contribution in [0.4, 0.5) is 0 Å². The van der Waals surface area contributed by atoms with Crippen LogP contribution in [0.25, 0.3) is 0 Å². The average Bonchev–Trinajstić information content (AvgIpc) is 3.34. The molecule has 1 fully saturated rings. The molecule has 4 nitrogen and oxygen atoms in total. The molecule has 2 aromatic rings. The molecule has 0 unspecified atom stereocenters. The maximum Gasteiger partial charge on any atom is 0.258 e. The van der Waals surface area contributed by atoms with E-state index >= 15 is 0 Å². The molecular formula is C19H18ClNO3. The second-order valence-electron chi connectivity index (χ2n) is 6.01. The van der Waals surface area contributed by atoms with E-state index in [0.717, 1.165) is 18.4 Å². The lowest BCUT2D eigenvalue weighted by molar-refractivity contribution is -0.124. The highest BCUT2D eigenvalue weighted by Gasteiger charge is 2.45. The number of hydrogen-bond acceptors (Lipinski definition) is 3. The van der Waals surface area contributed by atoms with Crippen LogP contribution >= 0.6 is 11.6 Å². The number of carbonyl (C=O) groups is 2. The number of ether oxygens (including phenoxy) is 1. The number of halogens is 1. The van der Waals surface area contributed by atoms with Crippen LogP contribution in [0, 0.1) is 0 Å². The fourth-order valence-electron chi connectivity index (χ4n) is 2.64. The van der Waals surface area contributed by atoms with Gasteiger partial charge in [-0.2, -0.15) is 0 Å². The number of nitrogens with one attached hydrogen (secondary N) is 1. The van der Waals surface area contributed by atoms with Crippen molar-refractivity contribution in [1.29, 1.82) is 0 Å². The Balaban J connectivity index is 1.59. The van der Waals surface area contributed by atoms with Gasteiger partial charge in [-0.3, -0.25) is 9.59 Å². The van der Waals surface area contributed by atoms with Gasteiger partial charge in [-0.25, -0.2) is 0 Å². The van der Waals surface area contributed by atoms with E-state index < -0.39 is 0 Å². The van der Waals surface area contributed by atoms with Gasteiger partial charge in [0.05, 0.1) is 5.54 Å². The van der Waals surface area contributed by atoms with Crippen molar-refractivity contribution in [3.63, 3.8) is 0 Å². The summed E-state index contributed by atoms with van der Waals surface area (Å²) in [5.41, 5.74) is 1.32. The van der Waals surface area contributed by atoms with Crippen molar-refractivity contribution in [2.75, 3.05) is 6.61 Å². The third-order valence-corrected chi connectivity index (χ3v) is 4.39. The highest BCUT2D eigenvalue weighted by molar-refractivity contribution is 6.30. The highest BCUT2D eigenvalue weighted by Crippen LogP contribution is 2.45. The maximum atomic E-state index is 12.2. The van der Waals surface area contributed by atoms with Gasteiger partial charge in [-0.1, -0.05) is 35.9 Å². The van der Waals surface area contributed by atoms with Crippen LogP contribution in [0.1, 0.15) is 35.7 Å². The number of carbonyl (C=O) groups excluding carboxylic acids is 2. The summed E-state index contributed by atoms with van der Waals surface area (Å²) in [5, 5.41) is 3.71. The van der Waals surface area contributed by atoms with Crippen LogP contribution in [-0.4, -0.2) is 18.3 Å².